The Hall–Kier alpha value is -0.000000000000000222. The zero-order valence-electron chi connectivity index (χ0n) is 19.2. The number of hydrogen-bond acceptors (Lipinski definition) is 10. The van der Waals surface area contributed by atoms with Gasteiger partial charge in [-0.3, -0.25) is 0 Å². The van der Waals surface area contributed by atoms with Crippen LogP contribution < -0.4 is 0 Å². The van der Waals surface area contributed by atoms with Crippen molar-refractivity contribution in [1.82, 2.24) is 0 Å². The van der Waals surface area contributed by atoms with Crippen molar-refractivity contribution in [2.24, 2.45) is 11.8 Å². The Morgan fingerprint density at radius 2 is 1.26 bits per heavy atom. The molecule has 1 fully saturated rings. The molecule has 3 aliphatic rings. The molecule has 4 unspecified atom stereocenters. The van der Waals surface area contributed by atoms with Gasteiger partial charge in [0.05, 0.1) is 9.16 Å². The summed E-state index contributed by atoms with van der Waals surface area (Å²) >= 11 is 11.5. The van der Waals surface area contributed by atoms with Crippen LogP contribution in [0.25, 0.3) is 0 Å². The molecule has 3 rings (SSSR count). The average Bonchev–Trinajstić information content (AvgIpc) is 3.51. The summed E-state index contributed by atoms with van der Waals surface area (Å²) in [6.45, 7) is 7.59. The van der Waals surface area contributed by atoms with Gasteiger partial charge in [-0.15, -0.1) is 47.0 Å². The third kappa shape index (κ3) is 10.2. The Morgan fingerprint density at radius 3 is 1.68 bits per heavy atom. The zero-order chi connectivity index (χ0) is 24.2. The molecule has 0 aromatic heterocycles. The first-order chi connectivity index (χ1) is 16.6. The Kier molecular flexibility index (Phi) is 13.4. The quantitative estimate of drug-likeness (QED) is 0.159. The second kappa shape index (κ2) is 16.0. The van der Waals surface area contributed by atoms with Gasteiger partial charge in [0.25, 0.3) is 0 Å². The third-order valence-electron chi connectivity index (χ3n) is 5.55. The van der Waals surface area contributed by atoms with Crippen molar-refractivity contribution in [3.05, 3.63) is 45.9 Å². The Labute approximate surface area is 229 Å². The van der Waals surface area contributed by atoms with E-state index in [0.717, 1.165) is 33.2 Å². The summed E-state index contributed by atoms with van der Waals surface area (Å²) in [5.74, 6) is 5.66. The SMILES string of the molecule is C=CC(=O)OCC1=CSC(CSCC2CCCCC2CSCC2SC=C(COC(=O)C=C)S2)S1. The molecule has 0 amide bonds. The van der Waals surface area contributed by atoms with E-state index in [9.17, 15) is 9.59 Å². The lowest BCUT2D eigenvalue weighted by atomic mass is 9.81. The Bertz CT molecular complexity index is 719. The molecule has 0 aromatic rings. The van der Waals surface area contributed by atoms with E-state index in [0.29, 0.717) is 22.4 Å². The van der Waals surface area contributed by atoms with Crippen LogP contribution in [0.1, 0.15) is 25.7 Å². The normalized spacial score (nSPS) is 26.5. The fraction of sp³-hybridized carbons (Fsp3) is 0.583. The lowest BCUT2D eigenvalue weighted by molar-refractivity contribution is -0.137. The largest absolute Gasteiger partial charge is 0.457 e. The lowest BCUT2D eigenvalue weighted by Gasteiger charge is -2.31. The van der Waals surface area contributed by atoms with Gasteiger partial charge < -0.3 is 9.47 Å². The molecular formula is C24H32O4S6. The monoisotopic (exact) mass is 576 g/mol. The number of esters is 2. The van der Waals surface area contributed by atoms with E-state index in [1.165, 1.54) is 49.3 Å². The molecule has 188 valence electrons. The fourth-order valence-corrected chi connectivity index (χ4v) is 12.2. The first-order valence-corrected chi connectivity index (χ1v) is 17.3. The van der Waals surface area contributed by atoms with E-state index in [-0.39, 0.29) is 11.9 Å². The minimum Gasteiger partial charge on any atom is -0.457 e. The van der Waals surface area contributed by atoms with Crippen LogP contribution in [0.4, 0.5) is 0 Å². The van der Waals surface area contributed by atoms with E-state index in [1.54, 1.807) is 0 Å². The molecule has 2 heterocycles. The van der Waals surface area contributed by atoms with Crippen LogP contribution in [0.2, 0.25) is 0 Å². The molecule has 0 saturated heterocycles. The van der Waals surface area contributed by atoms with Crippen LogP contribution >= 0.6 is 70.6 Å². The van der Waals surface area contributed by atoms with Gasteiger partial charge in [-0.1, -0.05) is 26.0 Å². The van der Waals surface area contributed by atoms with Gasteiger partial charge in [0.15, 0.2) is 0 Å². The van der Waals surface area contributed by atoms with E-state index in [2.05, 4.69) is 47.5 Å². The zero-order valence-corrected chi connectivity index (χ0v) is 24.1. The molecule has 10 heteroatoms. The molecule has 2 aliphatic heterocycles. The van der Waals surface area contributed by atoms with Gasteiger partial charge >= 0.3 is 11.9 Å². The predicted molar refractivity (Wildman–Crippen MR) is 157 cm³/mol. The number of ether oxygens (including phenoxy) is 2. The van der Waals surface area contributed by atoms with E-state index in [1.807, 2.05) is 47.0 Å². The first-order valence-electron chi connectivity index (χ1n) is 11.3. The topological polar surface area (TPSA) is 52.6 Å². The summed E-state index contributed by atoms with van der Waals surface area (Å²) in [6.07, 6.45) is 7.87. The molecule has 1 saturated carbocycles. The van der Waals surface area contributed by atoms with E-state index >= 15 is 0 Å². The minimum absolute atomic E-state index is 0.360. The van der Waals surface area contributed by atoms with Crippen molar-refractivity contribution in [3.63, 3.8) is 0 Å². The van der Waals surface area contributed by atoms with Crippen molar-refractivity contribution in [1.29, 1.82) is 0 Å². The van der Waals surface area contributed by atoms with Crippen molar-refractivity contribution in [2.45, 2.75) is 34.8 Å². The molecule has 4 nitrogen and oxygen atoms in total. The summed E-state index contributed by atoms with van der Waals surface area (Å²) in [4.78, 5) is 24.7. The van der Waals surface area contributed by atoms with E-state index < -0.39 is 0 Å². The maximum Gasteiger partial charge on any atom is 0.330 e. The van der Waals surface area contributed by atoms with Crippen molar-refractivity contribution >= 4 is 82.5 Å². The fourth-order valence-electron chi connectivity index (χ4n) is 3.79. The van der Waals surface area contributed by atoms with Crippen LogP contribution in [0.5, 0.6) is 0 Å². The maximum absolute atomic E-state index is 11.2. The standard InChI is InChI=1S/C24H32O4S6/c1-3-21(25)27-9-19-13-31-23(33-19)15-29-11-17-7-5-6-8-18(17)12-30-16-24-32-14-20(34-24)10-28-22(26)4-2/h3-4,13-14,17-18,23-24H,1-2,5-12,15-16H2. The molecular weight excluding hydrogens is 545 g/mol. The second-order valence-electron chi connectivity index (χ2n) is 8.04. The van der Waals surface area contributed by atoms with Crippen LogP contribution in [-0.2, 0) is 19.1 Å². The lowest BCUT2D eigenvalue weighted by Crippen LogP contribution is -2.24. The van der Waals surface area contributed by atoms with Gasteiger partial charge in [0.2, 0.25) is 0 Å². The number of carbonyl (C=O) groups is 2. The van der Waals surface area contributed by atoms with Gasteiger partial charge in [0.1, 0.15) is 13.2 Å². The van der Waals surface area contributed by atoms with Gasteiger partial charge in [-0.2, -0.15) is 23.5 Å². The maximum atomic E-state index is 11.2. The highest BCUT2D eigenvalue weighted by Gasteiger charge is 2.27. The molecule has 0 bridgehead atoms. The van der Waals surface area contributed by atoms with Crippen molar-refractivity contribution < 1.29 is 19.1 Å². The average molecular weight is 577 g/mol. The summed E-state index contributed by atoms with van der Waals surface area (Å²) in [7, 11) is 0. The number of carbonyl (C=O) groups excluding carboxylic acids is 2. The highest BCUT2D eigenvalue weighted by molar-refractivity contribution is 8.24. The molecule has 0 N–H and O–H groups in total. The van der Waals surface area contributed by atoms with Gasteiger partial charge in [-0.05, 0) is 47.0 Å². The molecule has 34 heavy (non-hydrogen) atoms. The summed E-state index contributed by atoms with van der Waals surface area (Å²) in [5.41, 5.74) is 0. The Balaban J connectivity index is 1.28. The van der Waals surface area contributed by atoms with Gasteiger partial charge in [0, 0.05) is 33.5 Å². The summed E-state index contributed by atoms with van der Waals surface area (Å²) in [5, 5.41) is 4.27. The molecule has 4 atom stereocenters. The Morgan fingerprint density at radius 1 is 0.824 bits per heavy atom. The van der Waals surface area contributed by atoms with E-state index in [4.69, 9.17) is 9.47 Å². The predicted octanol–water partition coefficient (Wildman–Crippen LogP) is 7.01. The van der Waals surface area contributed by atoms with Crippen LogP contribution in [0.3, 0.4) is 0 Å². The van der Waals surface area contributed by atoms with Crippen molar-refractivity contribution in [3.8, 4) is 0 Å². The number of rotatable bonds is 14. The number of thioether (sulfide) groups is 6. The minimum atomic E-state index is -0.360. The van der Waals surface area contributed by atoms with Crippen molar-refractivity contribution in [2.75, 3.05) is 36.2 Å². The molecule has 0 spiro atoms. The third-order valence-corrected chi connectivity index (χ3v) is 14.1. The second-order valence-corrected chi connectivity index (χ2v) is 15.6. The van der Waals surface area contributed by atoms with Crippen LogP contribution in [-0.4, -0.2) is 57.3 Å². The highest BCUT2D eigenvalue weighted by atomic mass is 32.2. The molecule has 1 aliphatic carbocycles. The van der Waals surface area contributed by atoms with Gasteiger partial charge in [-0.25, -0.2) is 9.59 Å². The first kappa shape index (κ1) is 28.6. The van der Waals surface area contributed by atoms with Crippen LogP contribution in [0, 0.1) is 11.8 Å². The highest BCUT2D eigenvalue weighted by Crippen LogP contribution is 2.44. The smallest absolute Gasteiger partial charge is 0.330 e. The number of hydrogen-bond donors (Lipinski definition) is 0. The van der Waals surface area contributed by atoms with Crippen LogP contribution in [0.15, 0.2) is 45.9 Å². The molecule has 0 radical (unpaired) electrons. The summed E-state index contributed by atoms with van der Waals surface area (Å²) < 4.78 is 11.3. The summed E-state index contributed by atoms with van der Waals surface area (Å²) in [6, 6.07) is 0. The molecule has 0 aromatic carbocycles.